The van der Waals surface area contributed by atoms with E-state index in [2.05, 4.69) is 11.4 Å². The highest BCUT2D eigenvalue weighted by molar-refractivity contribution is 7.88. The van der Waals surface area contributed by atoms with Gasteiger partial charge < -0.3 is 9.64 Å². The van der Waals surface area contributed by atoms with Gasteiger partial charge in [0.2, 0.25) is 15.9 Å². The molecule has 0 bridgehead atoms. The van der Waals surface area contributed by atoms with E-state index in [1.165, 1.54) is 9.18 Å². The Morgan fingerprint density at radius 3 is 2.61 bits per heavy atom. The maximum atomic E-state index is 13.2. The van der Waals surface area contributed by atoms with Crippen LogP contribution in [-0.4, -0.2) is 56.5 Å². The molecule has 1 aliphatic heterocycles. The maximum absolute atomic E-state index is 13.2. The lowest BCUT2D eigenvalue weighted by molar-refractivity contribution is -0.133. The van der Waals surface area contributed by atoms with Crippen molar-refractivity contribution >= 4 is 27.3 Å². The zero-order valence-electron chi connectivity index (χ0n) is 16.4. The van der Waals surface area contributed by atoms with Crippen molar-refractivity contribution in [1.29, 1.82) is 0 Å². The SMILES string of the molecule is CCCN(CC(=O)N1CCc2sccc2[C@H]1c1ccc(OC)cc1)S(C)(=O)=O. The number of benzene rings is 1. The molecule has 0 saturated heterocycles. The van der Waals surface area contributed by atoms with Crippen LogP contribution in [0.5, 0.6) is 5.75 Å². The minimum absolute atomic E-state index is 0.126. The summed E-state index contributed by atoms with van der Waals surface area (Å²) in [6.45, 7) is 2.70. The van der Waals surface area contributed by atoms with Gasteiger partial charge in [0.1, 0.15) is 5.75 Å². The first-order chi connectivity index (χ1) is 13.3. The van der Waals surface area contributed by atoms with Crippen LogP contribution in [0.1, 0.15) is 35.4 Å². The molecule has 8 heteroatoms. The second-order valence-corrected chi connectivity index (χ2v) is 9.89. The summed E-state index contributed by atoms with van der Waals surface area (Å²) < 4.78 is 30.6. The smallest absolute Gasteiger partial charge is 0.238 e. The number of fused-ring (bicyclic) bond motifs is 1. The Morgan fingerprint density at radius 2 is 2.00 bits per heavy atom. The van der Waals surface area contributed by atoms with Gasteiger partial charge >= 0.3 is 0 Å². The largest absolute Gasteiger partial charge is 0.497 e. The minimum Gasteiger partial charge on any atom is -0.497 e. The third kappa shape index (κ3) is 4.39. The molecule has 152 valence electrons. The van der Waals surface area contributed by atoms with Gasteiger partial charge in [0.25, 0.3) is 0 Å². The van der Waals surface area contributed by atoms with Crippen molar-refractivity contribution in [1.82, 2.24) is 9.21 Å². The Balaban J connectivity index is 1.92. The fraction of sp³-hybridized carbons (Fsp3) is 0.450. The first-order valence-corrected chi connectivity index (χ1v) is 12.0. The van der Waals surface area contributed by atoms with Gasteiger partial charge in [0.15, 0.2) is 0 Å². The average Bonchev–Trinajstić information content (AvgIpc) is 3.15. The summed E-state index contributed by atoms with van der Waals surface area (Å²) in [6, 6.07) is 9.57. The minimum atomic E-state index is -3.43. The molecular formula is C20H26N2O4S2. The Bertz CT molecular complexity index is 922. The Morgan fingerprint density at radius 1 is 1.29 bits per heavy atom. The number of thiophene rings is 1. The van der Waals surface area contributed by atoms with Crippen LogP contribution in [0.2, 0.25) is 0 Å². The van der Waals surface area contributed by atoms with E-state index >= 15 is 0 Å². The number of amides is 1. The van der Waals surface area contributed by atoms with Gasteiger partial charge in [0, 0.05) is 18.0 Å². The fourth-order valence-electron chi connectivity index (χ4n) is 3.58. The highest BCUT2D eigenvalue weighted by atomic mass is 32.2. The van der Waals surface area contributed by atoms with Gasteiger partial charge in [-0.3, -0.25) is 4.79 Å². The van der Waals surface area contributed by atoms with E-state index in [1.807, 2.05) is 36.1 Å². The van der Waals surface area contributed by atoms with Gasteiger partial charge in [-0.05, 0) is 47.5 Å². The van der Waals surface area contributed by atoms with Crippen LogP contribution in [0.25, 0.3) is 0 Å². The van der Waals surface area contributed by atoms with Gasteiger partial charge in [-0.1, -0.05) is 19.1 Å². The predicted octanol–water partition coefficient (Wildman–Crippen LogP) is 2.90. The average molecular weight is 423 g/mol. The number of carbonyl (C=O) groups is 1. The summed E-state index contributed by atoms with van der Waals surface area (Å²) >= 11 is 1.70. The molecule has 28 heavy (non-hydrogen) atoms. The molecule has 1 aliphatic rings. The molecule has 2 heterocycles. The first kappa shape index (κ1) is 20.8. The van der Waals surface area contributed by atoms with E-state index in [0.29, 0.717) is 19.5 Å². The quantitative estimate of drug-likeness (QED) is 0.688. The van der Waals surface area contributed by atoms with Crippen LogP contribution in [-0.2, 0) is 21.2 Å². The Hall–Kier alpha value is -1.90. The molecule has 1 amide bonds. The van der Waals surface area contributed by atoms with Crippen molar-refractivity contribution in [3.05, 3.63) is 51.7 Å². The lowest BCUT2D eigenvalue weighted by Gasteiger charge is -2.37. The molecule has 0 saturated carbocycles. The van der Waals surface area contributed by atoms with E-state index in [-0.39, 0.29) is 18.5 Å². The van der Waals surface area contributed by atoms with Crippen molar-refractivity contribution in [3.8, 4) is 5.75 Å². The van der Waals surface area contributed by atoms with Gasteiger partial charge in [-0.2, -0.15) is 4.31 Å². The highest BCUT2D eigenvalue weighted by Gasteiger charge is 2.34. The molecule has 0 radical (unpaired) electrons. The zero-order valence-corrected chi connectivity index (χ0v) is 18.1. The first-order valence-electron chi connectivity index (χ1n) is 9.30. The number of rotatable bonds is 7. The van der Waals surface area contributed by atoms with Crippen molar-refractivity contribution < 1.29 is 17.9 Å². The summed E-state index contributed by atoms with van der Waals surface area (Å²) in [7, 11) is -1.81. The predicted molar refractivity (Wildman–Crippen MR) is 111 cm³/mol. The second kappa shape index (κ2) is 8.63. The monoisotopic (exact) mass is 422 g/mol. The van der Waals surface area contributed by atoms with E-state index in [4.69, 9.17) is 4.74 Å². The van der Waals surface area contributed by atoms with E-state index in [0.717, 1.165) is 29.6 Å². The molecule has 1 aromatic heterocycles. The Labute approximate surface area is 170 Å². The van der Waals surface area contributed by atoms with Crippen LogP contribution in [0.3, 0.4) is 0 Å². The van der Waals surface area contributed by atoms with Crippen molar-refractivity contribution in [2.75, 3.05) is 33.0 Å². The van der Waals surface area contributed by atoms with Crippen molar-refractivity contribution in [2.45, 2.75) is 25.8 Å². The third-order valence-electron chi connectivity index (χ3n) is 4.97. The number of hydrogen-bond acceptors (Lipinski definition) is 5. The van der Waals surface area contributed by atoms with Crippen LogP contribution in [0.15, 0.2) is 35.7 Å². The summed E-state index contributed by atoms with van der Waals surface area (Å²) in [5.74, 6) is 0.589. The van der Waals surface area contributed by atoms with Crippen LogP contribution < -0.4 is 4.74 Å². The zero-order chi connectivity index (χ0) is 20.3. The van der Waals surface area contributed by atoms with E-state index in [1.54, 1.807) is 18.4 Å². The summed E-state index contributed by atoms with van der Waals surface area (Å²) in [5.41, 5.74) is 2.12. The summed E-state index contributed by atoms with van der Waals surface area (Å²) in [4.78, 5) is 16.3. The lowest BCUT2D eigenvalue weighted by atomic mass is 9.93. The van der Waals surface area contributed by atoms with Crippen LogP contribution in [0.4, 0.5) is 0 Å². The molecule has 0 unspecified atom stereocenters. The summed E-state index contributed by atoms with van der Waals surface area (Å²) in [6.07, 6.45) is 2.61. The lowest BCUT2D eigenvalue weighted by Crippen LogP contribution is -2.46. The number of methoxy groups -OCH3 is 1. The Kier molecular flexibility index (Phi) is 6.42. The number of ether oxygens (including phenoxy) is 1. The van der Waals surface area contributed by atoms with Gasteiger partial charge in [-0.25, -0.2) is 8.42 Å². The number of nitrogens with zero attached hydrogens (tertiary/aromatic N) is 2. The number of hydrogen-bond donors (Lipinski definition) is 0. The molecule has 3 rings (SSSR count). The molecular weight excluding hydrogens is 396 g/mol. The van der Waals surface area contributed by atoms with Gasteiger partial charge in [-0.15, -0.1) is 11.3 Å². The second-order valence-electron chi connectivity index (χ2n) is 6.91. The topological polar surface area (TPSA) is 66.9 Å². The molecule has 1 atom stereocenters. The van der Waals surface area contributed by atoms with Crippen molar-refractivity contribution in [3.63, 3.8) is 0 Å². The number of carbonyl (C=O) groups excluding carboxylic acids is 1. The molecule has 1 aromatic carbocycles. The van der Waals surface area contributed by atoms with Crippen LogP contribution in [0, 0.1) is 0 Å². The van der Waals surface area contributed by atoms with E-state index in [9.17, 15) is 13.2 Å². The summed E-state index contributed by atoms with van der Waals surface area (Å²) in [5, 5.41) is 2.05. The molecule has 0 fully saturated rings. The normalized spacial score (nSPS) is 16.9. The highest BCUT2D eigenvalue weighted by Crippen LogP contribution is 2.38. The standard InChI is InChI=1S/C20H26N2O4S2/c1-4-11-21(28(3,24)25)14-19(23)22-12-9-18-17(10-13-27-18)20(22)15-5-7-16(26-2)8-6-15/h5-8,10,13,20H,4,9,11-12,14H2,1-3H3/t20-/m1/s1. The van der Waals surface area contributed by atoms with Crippen molar-refractivity contribution in [2.24, 2.45) is 0 Å². The fourth-order valence-corrected chi connectivity index (χ4v) is 5.35. The molecule has 2 aromatic rings. The maximum Gasteiger partial charge on any atom is 0.238 e. The van der Waals surface area contributed by atoms with Gasteiger partial charge in [0.05, 0.1) is 26.0 Å². The molecule has 0 aliphatic carbocycles. The van der Waals surface area contributed by atoms with E-state index < -0.39 is 10.0 Å². The molecule has 0 N–H and O–H groups in total. The molecule has 0 spiro atoms. The van der Waals surface area contributed by atoms with Crippen LogP contribution >= 0.6 is 11.3 Å². The third-order valence-corrected chi connectivity index (χ3v) is 7.22. The number of sulfonamides is 1. The molecule has 6 nitrogen and oxygen atoms in total.